The zero-order valence-electron chi connectivity index (χ0n) is 19.2. The van der Waals surface area contributed by atoms with Crippen molar-refractivity contribution in [1.82, 2.24) is 20.1 Å². The van der Waals surface area contributed by atoms with Crippen LogP contribution in [0.25, 0.3) is 0 Å². The molecule has 2 fully saturated rings. The van der Waals surface area contributed by atoms with Gasteiger partial charge in [0.15, 0.2) is 0 Å². The lowest BCUT2D eigenvalue weighted by atomic mass is 9.93. The number of benzene rings is 1. The van der Waals surface area contributed by atoms with Crippen LogP contribution in [-0.4, -0.2) is 71.5 Å². The summed E-state index contributed by atoms with van der Waals surface area (Å²) in [5.41, 5.74) is 7.33. The zero-order chi connectivity index (χ0) is 23.2. The molecule has 0 radical (unpaired) electrons. The predicted octanol–water partition coefficient (Wildman–Crippen LogP) is 1.80. The second-order valence-corrected chi connectivity index (χ2v) is 8.77. The number of hydrogen-bond donors (Lipinski definition) is 2. The van der Waals surface area contributed by atoms with Gasteiger partial charge in [0.25, 0.3) is 5.91 Å². The number of carbonyl (C=O) groups excluding carboxylic acids is 2. The molecule has 176 valence electrons. The maximum absolute atomic E-state index is 13.2. The van der Waals surface area contributed by atoms with Gasteiger partial charge in [-0.2, -0.15) is 0 Å². The van der Waals surface area contributed by atoms with Gasteiger partial charge in [0, 0.05) is 50.7 Å². The number of hydrogen-bond acceptors (Lipinski definition) is 6. The Balaban J connectivity index is 1.52. The molecule has 2 heterocycles. The predicted molar refractivity (Wildman–Crippen MR) is 126 cm³/mol. The van der Waals surface area contributed by atoms with E-state index in [2.05, 4.69) is 27.3 Å². The minimum atomic E-state index is -0.528. The van der Waals surface area contributed by atoms with E-state index in [0.717, 1.165) is 18.7 Å². The van der Waals surface area contributed by atoms with Gasteiger partial charge in [0.05, 0.1) is 12.7 Å². The van der Waals surface area contributed by atoms with Crippen molar-refractivity contribution < 1.29 is 14.3 Å². The summed E-state index contributed by atoms with van der Waals surface area (Å²) < 4.78 is 5.28. The number of pyridine rings is 1. The van der Waals surface area contributed by atoms with Gasteiger partial charge >= 0.3 is 0 Å². The minimum absolute atomic E-state index is 0.136. The number of ether oxygens (including phenoxy) is 1. The Morgan fingerprint density at radius 1 is 1.18 bits per heavy atom. The Morgan fingerprint density at radius 2 is 1.97 bits per heavy atom. The van der Waals surface area contributed by atoms with Crippen LogP contribution in [0.2, 0.25) is 0 Å². The highest BCUT2D eigenvalue weighted by atomic mass is 16.5. The summed E-state index contributed by atoms with van der Waals surface area (Å²) in [6, 6.07) is 11.9. The van der Waals surface area contributed by atoms with Crippen molar-refractivity contribution in [2.75, 3.05) is 26.7 Å². The topological polar surface area (TPSA) is 101 Å². The molecule has 1 aromatic heterocycles. The highest BCUT2D eigenvalue weighted by Crippen LogP contribution is 2.35. The summed E-state index contributed by atoms with van der Waals surface area (Å²) in [4.78, 5) is 34.6. The Morgan fingerprint density at radius 3 is 2.61 bits per heavy atom. The van der Waals surface area contributed by atoms with E-state index < -0.39 is 6.04 Å². The van der Waals surface area contributed by atoms with Gasteiger partial charge in [-0.25, -0.2) is 0 Å². The number of nitrogens with one attached hydrogen (secondary N) is 1. The van der Waals surface area contributed by atoms with E-state index in [1.165, 1.54) is 18.4 Å². The summed E-state index contributed by atoms with van der Waals surface area (Å²) >= 11 is 0. The summed E-state index contributed by atoms with van der Waals surface area (Å²) in [6.45, 7) is 2.12. The van der Waals surface area contributed by atoms with Crippen LogP contribution in [0.1, 0.15) is 41.6 Å². The van der Waals surface area contributed by atoms with Crippen molar-refractivity contribution in [2.45, 2.75) is 50.4 Å². The smallest absolute Gasteiger partial charge is 0.256 e. The van der Waals surface area contributed by atoms with Gasteiger partial charge in [-0.1, -0.05) is 12.1 Å². The third-order valence-corrected chi connectivity index (χ3v) is 6.50. The molecule has 2 atom stereocenters. The number of amides is 2. The first-order chi connectivity index (χ1) is 16.1. The molecule has 33 heavy (non-hydrogen) atoms. The van der Waals surface area contributed by atoms with Crippen molar-refractivity contribution >= 4 is 11.8 Å². The lowest BCUT2D eigenvalue weighted by Gasteiger charge is -2.43. The average Bonchev–Trinajstić information content (AvgIpc) is 3.71. The minimum Gasteiger partial charge on any atom is -0.497 e. The van der Waals surface area contributed by atoms with E-state index in [1.807, 2.05) is 12.1 Å². The molecule has 1 aliphatic carbocycles. The molecule has 1 unspecified atom stereocenters. The van der Waals surface area contributed by atoms with E-state index in [-0.39, 0.29) is 17.9 Å². The Labute approximate surface area is 195 Å². The summed E-state index contributed by atoms with van der Waals surface area (Å²) in [5, 5.41) is 2.90. The number of carbonyl (C=O) groups is 2. The lowest BCUT2D eigenvalue weighted by Crippen LogP contribution is -2.57. The molecular formula is C25H33N5O3. The summed E-state index contributed by atoms with van der Waals surface area (Å²) in [6.07, 6.45) is 6.99. The second-order valence-electron chi connectivity index (χ2n) is 8.77. The van der Waals surface area contributed by atoms with Crippen LogP contribution in [0.3, 0.4) is 0 Å². The van der Waals surface area contributed by atoms with Crippen LogP contribution in [0.4, 0.5) is 0 Å². The highest BCUT2D eigenvalue weighted by molar-refractivity contribution is 5.97. The molecular weight excluding hydrogens is 418 g/mol. The number of piperidine rings is 1. The Hall–Kier alpha value is -2.97. The molecule has 8 heteroatoms. The van der Waals surface area contributed by atoms with Gasteiger partial charge in [-0.05, 0) is 55.5 Å². The van der Waals surface area contributed by atoms with Crippen molar-refractivity contribution in [3.8, 4) is 5.75 Å². The molecule has 2 aromatic rings. The first-order valence-electron chi connectivity index (χ1n) is 11.7. The Bertz CT molecular complexity index is 933. The molecule has 1 aliphatic heterocycles. The molecule has 2 aliphatic rings. The van der Waals surface area contributed by atoms with Crippen LogP contribution in [-0.2, 0) is 11.3 Å². The largest absolute Gasteiger partial charge is 0.497 e. The number of aromatic nitrogens is 1. The molecule has 3 N–H and O–H groups in total. The van der Waals surface area contributed by atoms with Gasteiger partial charge in [-0.15, -0.1) is 0 Å². The van der Waals surface area contributed by atoms with Crippen molar-refractivity contribution in [3.05, 3.63) is 59.9 Å². The normalized spacial score (nSPS) is 20.5. The standard InChI is InChI=1S/C25H33N5O3/c1-33-22-8-4-18(5-9-22)17-30(20-6-7-20)21-10-14-29(23(15-21)24(31)28-13-11-26)25(32)19-3-2-12-27-16-19/h2-5,8-9,12,16,20-21,23H,6-7,10-11,13-15,17,26H2,1H3,(H,28,31)/t21?,23-/m1/s1. The number of nitrogens with zero attached hydrogens (tertiary/aromatic N) is 3. The van der Waals surface area contributed by atoms with Gasteiger partial charge in [0.1, 0.15) is 11.8 Å². The van der Waals surface area contributed by atoms with E-state index in [0.29, 0.717) is 37.7 Å². The first-order valence-corrected chi connectivity index (χ1v) is 11.7. The molecule has 0 bridgehead atoms. The van der Waals surface area contributed by atoms with Crippen LogP contribution >= 0.6 is 0 Å². The second kappa shape index (κ2) is 10.8. The third kappa shape index (κ3) is 5.69. The van der Waals surface area contributed by atoms with Crippen LogP contribution in [0.5, 0.6) is 5.75 Å². The lowest BCUT2D eigenvalue weighted by molar-refractivity contribution is -0.127. The number of likely N-dealkylation sites (tertiary alicyclic amines) is 1. The maximum Gasteiger partial charge on any atom is 0.256 e. The zero-order valence-corrected chi connectivity index (χ0v) is 19.2. The molecule has 1 saturated heterocycles. The molecule has 8 nitrogen and oxygen atoms in total. The number of rotatable bonds is 9. The highest BCUT2D eigenvalue weighted by Gasteiger charge is 2.42. The molecule has 4 rings (SSSR count). The van der Waals surface area contributed by atoms with E-state index in [1.54, 1.807) is 36.5 Å². The van der Waals surface area contributed by atoms with E-state index >= 15 is 0 Å². The molecule has 2 amide bonds. The van der Waals surface area contributed by atoms with E-state index in [9.17, 15) is 9.59 Å². The van der Waals surface area contributed by atoms with Gasteiger partial charge in [-0.3, -0.25) is 19.5 Å². The van der Waals surface area contributed by atoms with Crippen LogP contribution < -0.4 is 15.8 Å². The first kappa shape index (κ1) is 23.2. The fourth-order valence-corrected chi connectivity index (χ4v) is 4.61. The van der Waals surface area contributed by atoms with Gasteiger partial charge < -0.3 is 20.7 Å². The van der Waals surface area contributed by atoms with E-state index in [4.69, 9.17) is 10.5 Å². The van der Waals surface area contributed by atoms with Crippen molar-refractivity contribution in [1.29, 1.82) is 0 Å². The van der Waals surface area contributed by atoms with Crippen LogP contribution in [0, 0.1) is 0 Å². The molecule has 1 saturated carbocycles. The van der Waals surface area contributed by atoms with Crippen molar-refractivity contribution in [2.24, 2.45) is 5.73 Å². The molecule has 0 spiro atoms. The summed E-state index contributed by atoms with van der Waals surface area (Å²) in [5.74, 6) is 0.556. The SMILES string of the molecule is COc1ccc(CN(C2CC2)C2CCN(C(=O)c3cccnc3)[C@@H](C(=O)NCCN)C2)cc1. The Kier molecular flexibility index (Phi) is 7.57. The van der Waals surface area contributed by atoms with Crippen LogP contribution in [0.15, 0.2) is 48.8 Å². The summed E-state index contributed by atoms with van der Waals surface area (Å²) in [7, 11) is 1.67. The fourth-order valence-electron chi connectivity index (χ4n) is 4.61. The average molecular weight is 452 g/mol. The van der Waals surface area contributed by atoms with Gasteiger partial charge in [0.2, 0.25) is 5.91 Å². The third-order valence-electron chi connectivity index (χ3n) is 6.50. The number of methoxy groups -OCH3 is 1. The number of nitrogens with two attached hydrogens (primary N) is 1. The van der Waals surface area contributed by atoms with Crippen molar-refractivity contribution in [3.63, 3.8) is 0 Å². The molecule has 1 aromatic carbocycles. The fraction of sp³-hybridized carbons (Fsp3) is 0.480. The monoisotopic (exact) mass is 451 g/mol. The quantitative estimate of drug-likeness (QED) is 0.603. The maximum atomic E-state index is 13.2.